The number of amides is 1. The number of nitrogens with one attached hydrogen (secondary N) is 1. The van der Waals surface area contributed by atoms with E-state index < -0.39 is 9.84 Å². The van der Waals surface area contributed by atoms with E-state index in [-0.39, 0.29) is 35.2 Å². The summed E-state index contributed by atoms with van der Waals surface area (Å²) in [5, 5.41) is 3.90. The lowest BCUT2D eigenvalue weighted by atomic mass is 10.1. The van der Waals surface area contributed by atoms with Crippen LogP contribution in [-0.4, -0.2) is 55.9 Å². The lowest BCUT2D eigenvalue weighted by Crippen LogP contribution is -2.36. The fourth-order valence-corrected chi connectivity index (χ4v) is 7.72. The van der Waals surface area contributed by atoms with Gasteiger partial charge in [0, 0.05) is 16.0 Å². The molecule has 2 aliphatic rings. The Balaban J connectivity index is 1.58. The Hall–Kier alpha value is -2.23. The van der Waals surface area contributed by atoms with E-state index in [4.69, 9.17) is 16.3 Å². The van der Waals surface area contributed by atoms with Crippen molar-refractivity contribution in [3.8, 4) is 5.75 Å². The summed E-state index contributed by atoms with van der Waals surface area (Å²) < 4.78 is 29.2. The number of aliphatic imine (C=N–C) groups is 1. The summed E-state index contributed by atoms with van der Waals surface area (Å²) in [5.74, 6) is 0.416. The topological polar surface area (TPSA) is 88.1 Å². The molecule has 2 heterocycles. The monoisotopic (exact) mass is 493 g/mol. The first-order valence-corrected chi connectivity index (χ1v) is 13.3. The van der Waals surface area contributed by atoms with Crippen molar-refractivity contribution in [2.45, 2.75) is 24.6 Å². The van der Waals surface area contributed by atoms with Gasteiger partial charge in [-0.3, -0.25) is 9.79 Å². The number of hydrogen-bond acceptors (Lipinski definition) is 7. The smallest absolute Gasteiger partial charge is 0.244 e. The molecule has 4 rings (SSSR count). The van der Waals surface area contributed by atoms with Crippen molar-refractivity contribution in [1.82, 2.24) is 0 Å². The highest BCUT2D eigenvalue weighted by atomic mass is 35.5. The number of anilines is 2. The molecule has 0 bridgehead atoms. The largest absolute Gasteiger partial charge is 0.495 e. The fourth-order valence-electron chi connectivity index (χ4n) is 3.76. The highest BCUT2D eigenvalue weighted by molar-refractivity contribution is 8.15. The number of methoxy groups -OCH3 is 1. The molecule has 1 amide bonds. The molecule has 32 heavy (non-hydrogen) atoms. The third-order valence-corrected chi connectivity index (χ3v) is 8.91. The summed E-state index contributed by atoms with van der Waals surface area (Å²) in [7, 11) is -1.53. The van der Waals surface area contributed by atoms with Crippen molar-refractivity contribution in [1.29, 1.82) is 0 Å². The van der Waals surface area contributed by atoms with E-state index in [0.29, 0.717) is 21.6 Å². The van der Waals surface area contributed by atoms with Crippen LogP contribution in [0.3, 0.4) is 0 Å². The van der Waals surface area contributed by atoms with E-state index in [2.05, 4.69) is 17.2 Å². The van der Waals surface area contributed by atoms with E-state index in [1.165, 1.54) is 24.4 Å². The molecule has 0 radical (unpaired) electrons. The zero-order valence-corrected chi connectivity index (χ0v) is 20.1. The molecule has 0 aliphatic carbocycles. The number of sulfone groups is 1. The Morgan fingerprint density at radius 3 is 2.66 bits per heavy atom. The molecule has 10 heteroatoms. The number of benzene rings is 2. The zero-order valence-electron chi connectivity index (χ0n) is 17.7. The second-order valence-electron chi connectivity index (χ2n) is 7.71. The van der Waals surface area contributed by atoms with Crippen LogP contribution in [0.15, 0.2) is 47.5 Å². The van der Waals surface area contributed by atoms with Crippen molar-refractivity contribution >= 4 is 55.6 Å². The van der Waals surface area contributed by atoms with Gasteiger partial charge in [0.1, 0.15) is 12.3 Å². The maximum atomic E-state index is 13.0. The van der Waals surface area contributed by atoms with E-state index in [9.17, 15) is 13.2 Å². The molecule has 7 nitrogen and oxygen atoms in total. The van der Waals surface area contributed by atoms with Gasteiger partial charge in [-0.05, 0) is 42.3 Å². The number of hydrogen-bond donors (Lipinski definition) is 1. The number of thioether (sulfide) groups is 1. The van der Waals surface area contributed by atoms with Gasteiger partial charge in [-0.25, -0.2) is 8.42 Å². The van der Waals surface area contributed by atoms with Gasteiger partial charge < -0.3 is 15.0 Å². The Bertz CT molecular complexity index is 1150. The maximum absolute atomic E-state index is 13.0. The molecule has 1 N–H and O–H groups in total. The number of amidine groups is 1. The van der Waals surface area contributed by atoms with Gasteiger partial charge in [-0.1, -0.05) is 42.4 Å². The highest BCUT2D eigenvalue weighted by Gasteiger charge is 2.44. The number of carbonyl (C=O) groups excluding carboxylic acids is 1. The predicted octanol–water partition coefficient (Wildman–Crippen LogP) is 3.62. The lowest BCUT2D eigenvalue weighted by Gasteiger charge is -2.24. The average Bonchev–Trinajstić information content (AvgIpc) is 3.25. The molecule has 0 spiro atoms. The van der Waals surface area contributed by atoms with Crippen LogP contribution in [-0.2, 0) is 21.1 Å². The summed E-state index contributed by atoms with van der Waals surface area (Å²) in [6.45, 7) is 2.09. The number of rotatable bonds is 6. The van der Waals surface area contributed by atoms with E-state index in [1.54, 1.807) is 18.2 Å². The molecule has 2 aliphatic heterocycles. The second kappa shape index (κ2) is 9.33. The molecule has 0 aromatic heterocycles. The number of nitrogens with zero attached hydrogens (tertiary/aromatic N) is 2. The predicted molar refractivity (Wildman–Crippen MR) is 131 cm³/mol. The highest BCUT2D eigenvalue weighted by Crippen LogP contribution is 2.37. The van der Waals surface area contributed by atoms with Gasteiger partial charge in [0.15, 0.2) is 15.0 Å². The van der Waals surface area contributed by atoms with E-state index in [1.807, 2.05) is 29.2 Å². The summed E-state index contributed by atoms with van der Waals surface area (Å²) in [4.78, 5) is 19.5. The number of carbonyl (C=O) groups is 1. The zero-order chi connectivity index (χ0) is 22.9. The van der Waals surface area contributed by atoms with Gasteiger partial charge >= 0.3 is 0 Å². The van der Waals surface area contributed by atoms with Gasteiger partial charge in [0.25, 0.3) is 0 Å². The van der Waals surface area contributed by atoms with Crippen LogP contribution in [0, 0.1) is 0 Å². The average molecular weight is 494 g/mol. The van der Waals surface area contributed by atoms with Crippen molar-refractivity contribution in [3.05, 3.63) is 53.1 Å². The minimum atomic E-state index is -3.06. The molecular formula is C22H24ClN3O4S2. The van der Waals surface area contributed by atoms with Crippen molar-refractivity contribution < 1.29 is 17.9 Å². The van der Waals surface area contributed by atoms with Gasteiger partial charge in [0.2, 0.25) is 5.91 Å². The van der Waals surface area contributed by atoms with Crippen LogP contribution in [0.5, 0.6) is 5.75 Å². The Morgan fingerprint density at radius 2 is 2.00 bits per heavy atom. The minimum Gasteiger partial charge on any atom is -0.495 e. The second-order valence-corrected chi connectivity index (χ2v) is 11.5. The van der Waals surface area contributed by atoms with Crippen LogP contribution in [0.25, 0.3) is 0 Å². The molecule has 2 aromatic carbocycles. The first-order chi connectivity index (χ1) is 15.3. The first kappa shape index (κ1) is 22.9. The van der Waals surface area contributed by atoms with Crippen LogP contribution in [0.2, 0.25) is 5.02 Å². The fraction of sp³-hybridized carbons (Fsp3) is 0.364. The van der Waals surface area contributed by atoms with Crippen LogP contribution in [0.1, 0.15) is 12.5 Å². The molecule has 1 fully saturated rings. The Kier molecular flexibility index (Phi) is 6.69. The van der Waals surface area contributed by atoms with Crippen LogP contribution >= 0.6 is 23.4 Å². The minimum absolute atomic E-state index is 0.0131. The van der Waals surface area contributed by atoms with Gasteiger partial charge in [0.05, 0.1) is 30.3 Å². The van der Waals surface area contributed by atoms with Crippen molar-refractivity contribution in [2.24, 2.45) is 4.99 Å². The van der Waals surface area contributed by atoms with Gasteiger partial charge in [-0.15, -0.1) is 0 Å². The Labute approximate surface area is 197 Å². The standard InChI is InChI=1S/C22H24ClN3O4S2/c1-3-14-4-7-16(8-5-14)26(22-25-18-12-32(28,29)13-20(18)31-22)11-21(27)24-17-10-15(23)6-9-19(17)30-2/h4-10,18,20H,3,11-13H2,1-2H3,(H,24,27). The molecule has 2 aromatic rings. The molecule has 2 atom stereocenters. The summed E-state index contributed by atoms with van der Waals surface area (Å²) >= 11 is 7.51. The quantitative estimate of drug-likeness (QED) is 0.661. The summed E-state index contributed by atoms with van der Waals surface area (Å²) in [5.41, 5.74) is 2.49. The van der Waals surface area contributed by atoms with Gasteiger partial charge in [-0.2, -0.15) is 0 Å². The first-order valence-electron chi connectivity index (χ1n) is 10.2. The van der Waals surface area contributed by atoms with Crippen molar-refractivity contribution in [3.63, 3.8) is 0 Å². The number of halogens is 1. The summed E-state index contributed by atoms with van der Waals surface area (Å²) in [6, 6.07) is 12.7. The number of ether oxygens (including phenoxy) is 1. The van der Waals surface area contributed by atoms with E-state index in [0.717, 1.165) is 12.1 Å². The normalized spacial score (nSPS) is 21.0. The molecular weight excluding hydrogens is 470 g/mol. The van der Waals surface area contributed by atoms with Crippen molar-refractivity contribution in [2.75, 3.05) is 35.4 Å². The third kappa shape index (κ3) is 5.05. The molecule has 2 unspecified atom stereocenters. The number of fused-ring (bicyclic) bond motifs is 1. The third-order valence-electron chi connectivity index (χ3n) is 5.43. The molecule has 0 saturated carbocycles. The van der Waals surface area contributed by atoms with E-state index >= 15 is 0 Å². The SMILES string of the molecule is CCc1ccc(N(CC(=O)Nc2cc(Cl)ccc2OC)C2=NC3CS(=O)(=O)CC3S2)cc1. The number of aryl methyl sites for hydroxylation is 1. The van der Waals surface area contributed by atoms with Crippen LogP contribution in [0.4, 0.5) is 11.4 Å². The maximum Gasteiger partial charge on any atom is 0.244 e. The molecule has 170 valence electrons. The molecule has 1 saturated heterocycles. The summed E-state index contributed by atoms with van der Waals surface area (Å²) in [6.07, 6.45) is 0.910. The lowest BCUT2D eigenvalue weighted by molar-refractivity contribution is -0.114. The Morgan fingerprint density at radius 1 is 1.25 bits per heavy atom. The van der Waals surface area contributed by atoms with Crippen LogP contribution < -0.4 is 15.0 Å².